The van der Waals surface area contributed by atoms with Crippen LogP contribution >= 0.6 is 11.6 Å². The van der Waals surface area contributed by atoms with E-state index in [1.807, 2.05) is 18.2 Å². The maximum absolute atomic E-state index is 14.6. The SMILES string of the molecule is CN1C(=O)C2(CC(C)(C)Cc3ccc(-c4cccc(Cl)c4F)cc32)N=C1N. The molecule has 2 aliphatic rings. The quantitative estimate of drug-likeness (QED) is 0.803. The fourth-order valence-corrected chi connectivity index (χ4v) is 4.54. The Labute approximate surface area is 162 Å². The highest BCUT2D eigenvalue weighted by Gasteiger charge is 2.54. The molecule has 0 saturated carbocycles. The number of guanidine groups is 1. The minimum Gasteiger partial charge on any atom is -0.369 e. The van der Waals surface area contributed by atoms with Crippen LogP contribution in [0.1, 0.15) is 31.4 Å². The molecule has 1 amide bonds. The molecule has 2 N–H and O–H groups in total. The number of fused-ring (bicyclic) bond motifs is 2. The average molecular weight is 386 g/mol. The highest BCUT2D eigenvalue weighted by Crippen LogP contribution is 2.50. The van der Waals surface area contributed by atoms with Gasteiger partial charge in [0.1, 0.15) is 5.82 Å². The van der Waals surface area contributed by atoms with E-state index in [0.29, 0.717) is 17.5 Å². The van der Waals surface area contributed by atoms with E-state index >= 15 is 0 Å². The second kappa shape index (κ2) is 5.80. The van der Waals surface area contributed by atoms with Gasteiger partial charge in [-0.05, 0) is 47.1 Å². The van der Waals surface area contributed by atoms with Crippen LogP contribution in [0.25, 0.3) is 11.1 Å². The number of likely N-dealkylation sites (N-methyl/N-ethyl adjacent to an activating group) is 1. The summed E-state index contributed by atoms with van der Waals surface area (Å²) in [6.07, 6.45) is 1.37. The number of hydrogen-bond acceptors (Lipinski definition) is 3. The number of carbonyl (C=O) groups is 1. The molecular formula is C21H21ClFN3O. The van der Waals surface area contributed by atoms with Crippen LogP contribution in [0.2, 0.25) is 5.02 Å². The molecule has 1 atom stereocenters. The summed E-state index contributed by atoms with van der Waals surface area (Å²) in [5, 5.41) is 0.0695. The van der Waals surface area contributed by atoms with Crippen LogP contribution in [0, 0.1) is 11.2 Å². The van der Waals surface area contributed by atoms with Crippen LogP contribution in [0.15, 0.2) is 41.4 Å². The first-order valence-corrected chi connectivity index (χ1v) is 9.24. The Bertz CT molecular complexity index is 1000. The third kappa shape index (κ3) is 2.64. The molecule has 0 fully saturated rings. The lowest BCUT2D eigenvalue weighted by molar-refractivity contribution is -0.132. The van der Waals surface area contributed by atoms with Gasteiger partial charge in [-0.3, -0.25) is 9.69 Å². The lowest BCUT2D eigenvalue weighted by atomic mass is 9.65. The minimum atomic E-state index is -1.05. The van der Waals surface area contributed by atoms with Gasteiger partial charge in [0.15, 0.2) is 11.5 Å². The van der Waals surface area contributed by atoms with Gasteiger partial charge in [-0.25, -0.2) is 9.38 Å². The van der Waals surface area contributed by atoms with Crippen molar-refractivity contribution in [2.45, 2.75) is 32.2 Å². The van der Waals surface area contributed by atoms with E-state index in [9.17, 15) is 9.18 Å². The number of rotatable bonds is 1. The van der Waals surface area contributed by atoms with Crippen molar-refractivity contribution >= 4 is 23.5 Å². The van der Waals surface area contributed by atoms with Gasteiger partial charge in [-0.1, -0.05) is 49.7 Å². The number of nitrogens with two attached hydrogens (primary N) is 1. The maximum atomic E-state index is 14.6. The Morgan fingerprint density at radius 3 is 2.67 bits per heavy atom. The minimum absolute atomic E-state index is 0.0695. The van der Waals surface area contributed by atoms with E-state index in [0.717, 1.165) is 17.5 Å². The molecule has 0 saturated heterocycles. The number of carbonyl (C=O) groups excluding carboxylic acids is 1. The molecule has 140 valence electrons. The summed E-state index contributed by atoms with van der Waals surface area (Å²) in [5.41, 5.74) is 7.74. The summed E-state index contributed by atoms with van der Waals surface area (Å²) in [6, 6.07) is 10.6. The number of aliphatic imine (C=N–C) groups is 1. The van der Waals surface area contributed by atoms with E-state index in [4.69, 9.17) is 17.3 Å². The predicted octanol–water partition coefficient (Wildman–Crippen LogP) is 4.10. The molecule has 4 rings (SSSR count). The number of nitrogens with zero attached hydrogens (tertiary/aromatic N) is 2. The lowest BCUT2D eigenvalue weighted by Gasteiger charge is -2.41. The Morgan fingerprint density at radius 1 is 1.26 bits per heavy atom. The molecule has 2 aromatic rings. The van der Waals surface area contributed by atoms with E-state index in [-0.39, 0.29) is 22.3 Å². The number of halogens is 2. The van der Waals surface area contributed by atoms with Crippen LogP contribution in [-0.2, 0) is 16.8 Å². The molecule has 6 heteroatoms. The van der Waals surface area contributed by atoms with Crippen molar-refractivity contribution in [1.29, 1.82) is 0 Å². The molecule has 1 aliphatic heterocycles. The predicted molar refractivity (Wildman–Crippen MR) is 105 cm³/mol. The first kappa shape index (κ1) is 18.0. The molecule has 4 nitrogen and oxygen atoms in total. The summed E-state index contributed by atoms with van der Waals surface area (Å²) >= 11 is 5.95. The van der Waals surface area contributed by atoms with Crippen LogP contribution < -0.4 is 5.73 Å². The second-order valence-electron chi connectivity index (χ2n) is 8.19. The molecule has 1 aliphatic carbocycles. The molecular weight excluding hydrogens is 365 g/mol. The average Bonchev–Trinajstić information content (AvgIpc) is 2.81. The zero-order chi connectivity index (χ0) is 19.6. The monoisotopic (exact) mass is 385 g/mol. The number of benzene rings is 2. The van der Waals surface area contributed by atoms with Crippen molar-refractivity contribution in [2.75, 3.05) is 7.05 Å². The fourth-order valence-electron chi connectivity index (χ4n) is 4.37. The van der Waals surface area contributed by atoms with Gasteiger partial charge in [0.2, 0.25) is 0 Å². The lowest BCUT2D eigenvalue weighted by Crippen LogP contribution is -2.46. The second-order valence-corrected chi connectivity index (χ2v) is 8.59. The summed E-state index contributed by atoms with van der Waals surface area (Å²) < 4.78 is 14.6. The van der Waals surface area contributed by atoms with Crippen LogP contribution in [0.3, 0.4) is 0 Å². The zero-order valence-corrected chi connectivity index (χ0v) is 16.3. The third-order valence-electron chi connectivity index (χ3n) is 5.53. The third-order valence-corrected chi connectivity index (χ3v) is 5.82. The van der Waals surface area contributed by atoms with E-state index < -0.39 is 11.4 Å². The van der Waals surface area contributed by atoms with Crippen LogP contribution in [0.4, 0.5) is 4.39 Å². The van der Waals surface area contributed by atoms with Crippen molar-refractivity contribution in [2.24, 2.45) is 16.1 Å². The zero-order valence-electron chi connectivity index (χ0n) is 15.5. The fraction of sp³-hybridized carbons (Fsp3) is 0.333. The van der Waals surface area contributed by atoms with Gasteiger partial charge in [0.05, 0.1) is 5.02 Å². The summed E-state index contributed by atoms with van der Waals surface area (Å²) in [7, 11) is 1.64. The van der Waals surface area contributed by atoms with Crippen molar-refractivity contribution < 1.29 is 9.18 Å². The van der Waals surface area contributed by atoms with Gasteiger partial charge >= 0.3 is 0 Å². The summed E-state index contributed by atoms with van der Waals surface area (Å²) in [4.78, 5) is 19.2. The Hall–Kier alpha value is -2.40. The molecule has 1 heterocycles. The van der Waals surface area contributed by atoms with Crippen LogP contribution in [-0.4, -0.2) is 23.8 Å². The summed E-state index contributed by atoms with van der Waals surface area (Å²) in [5.74, 6) is -0.400. The van der Waals surface area contributed by atoms with Crippen molar-refractivity contribution in [3.63, 3.8) is 0 Å². The van der Waals surface area contributed by atoms with Gasteiger partial charge in [-0.2, -0.15) is 0 Å². The van der Waals surface area contributed by atoms with E-state index in [1.165, 1.54) is 11.0 Å². The standard InChI is InChI=1S/C21H21ClFN3O/c1-20(2)10-13-8-7-12(14-5-4-6-16(22)17(14)23)9-15(13)21(11-20)18(27)26(3)19(24)25-21/h4-9H,10-11H2,1-3H3,(H2,24,25). The molecule has 0 bridgehead atoms. The molecule has 0 radical (unpaired) electrons. The molecule has 2 aromatic carbocycles. The van der Waals surface area contributed by atoms with Crippen molar-refractivity contribution in [3.05, 3.63) is 58.4 Å². The Balaban J connectivity index is 1.95. The van der Waals surface area contributed by atoms with Gasteiger partial charge in [-0.15, -0.1) is 0 Å². The largest absolute Gasteiger partial charge is 0.369 e. The van der Waals surface area contributed by atoms with Gasteiger partial charge in [0, 0.05) is 12.6 Å². The van der Waals surface area contributed by atoms with Crippen LogP contribution in [0.5, 0.6) is 0 Å². The Morgan fingerprint density at radius 2 is 2.00 bits per heavy atom. The van der Waals surface area contributed by atoms with E-state index in [2.05, 4.69) is 18.8 Å². The highest BCUT2D eigenvalue weighted by atomic mass is 35.5. The molecule has 0 aromatic heterocycles. The highest BCUT2D eigenvalue weighted by molar-refractivity contribution is 6.31. The number of amides is 1. The normalized spacial score (nSPS) is 23.5. The van der Waals surface area contributed by atoms with Gasteiger partial charge < -0.3 is 5.73 Å². The molecule has 1 unspecified atom stereocenters. The van der Waals surface area contributed by atoms with Crippen molar-refractivity contribution in [1.82, 2.24) is 4.90 Å². The topological polar surface area (TPSA) is 58.7 Å². The number of hydrogen-bond donors (Lipinski definition) is 1. The van der Waals surface area contributed by atoms with Gasteiger partial charge in [0.25, 0.3) is 5.91 Å². The first-order chi connectivity index (χ1) is 12.6. The molecule has 27 heavy (non-hydrogen) atoms. The maximum Gasteiger partial charge on any atom is 0.261 e. The summed E-state index contributed by atoms with van der Waals surface area (Å²) in [6.45, 7) is 4.25. The molecule has 1 spiro atoms. The van der Waals surface area contributed by atoms with Crippen molar-refractivity contribution in [3.8, 4) is 11.1 Å². The van der Waals surface area contributed by atoms with E-state index in [1.54, 1.807) is 19.2 Å². The Kier molecular flexibility index (Phi) is 3.86. The smallest absolute Gasteiger partial charge is 0.261 e. The first-order valence-electron chi connectivity index (χ1n) is 8.86.